The summed E-state index contributed by atoms with van der Waals surface area (Å²) >= 11 is 0. The molecule has 0 atom stereocenters. The minimum atomic E-state index is 0.572. The van der Waals surface area contributed by atoms with Crippen molar-refractivity contribution in [3.63, 3.8) is 0 Å². The van der Waals surface area contributed by atoms with Crippen molar-refractivity contribution in [2.24, 2.45) is 0 Å². The number of hydrogen-bond donors (Lipinski definition) is 0. The lowest BCUT2D eigenvalue weighted by atomic mass is 9.97. The molecule has 12 aromatic rings. The maximum Gasteiger partial charge on any atom is 0.238 e. The smallest absolute Gasteiger partial charge is 0.238 e. The molecule has 9 aromatic carbocycles. The summed E-state index contributed by atoms with van der Waals surface area (Å²) in [6, 6.07) is 75.1. The van der Waals surface area contributed by atoms with Crippen LogP contribution in [0.15, 0.2) is 212 Å². The van der Waals surface area contributed by atoms with Crippen LogP contribution >= 0.6 is 0 Å². The molecule has 0 saturated carbocycles. The van der Waals surface area contributed by atoms with Gasteiger partial charge in [0.1, 0.15) is 0 Å². The highest BCUT2D eigenvalue weighted by Crippen LogP contribution is 2.44. The van der Waals surface area contributed by atoms with Crippen LogP contribution in [0.3, 0.4) is 0 Å². The van der Waals surface area contributed by atoms with Crippen molar-refractivity contribution >= 4 is 54.4 Å². The Morgan fingerprint density at radius 3 is 1.12 bits per heavy atom. The monoisotopic (exact) mass is 765 g/mol. The Kier molecular flexibility index (Phi) is 7.78. The summed E-state index contributed by atoms with van der Waals surface area (Å²) in [6.45, 7) is 0. The van der Waals surface area contributed by atoms with E-state index < -0.39 is 0 Å². The zero-order valence-electron chi connectivity index (χ0n) is 32.4. The lowest BCUT2D eigenvalue weighted by Crippen LogP contribution is -2.06. The summed E-state index contributed by atoms with van der Waals surface area (Å²) in [5.74, 6) is 1.82. The van der Waals surface area contributed by atoms with Gasteiger partial charge in [0.15, 0.2) is 11.6 Å². The molecule has 0 aliphatic rings. The number of para-hydroxylation sites is 1. The van der Waals surface area contributed by atoms with E-state index in [1.54, 1.807) is 0 Å². The molecule has 0 bridgehead atoms. The Bertz CT molecular complexity index is 3500. The number of hydrogen-bond acceptors (Lipinski definition) is 3. The highest BCUT2D eigenvalue weighted by Gasteiger charge is 2.22. The maximum atomic E-state index is 5.25. The molecule has 0 aliphatic carbocycles. The van der Waals surface area contributed by atoms with Gasteiger partial charge in [-0.2, -0.15) is 9.97 Å². The first-order valence-corrected chi connectivity index (χ1v) is 20.3. The first-order chi connectivity index (χ1) is 29.8. The van der Waals surface area contributed by atoms with Crippen molar-refractivity contribution in [1.82, 2.24) is 24.1 Å². The van der Waals surface area contributed by atoms with E-state index in [-0.39, 0.29) is 0 Å². The lowest BCUT2D eigenvalue weighted by molar-refractivity contribution is 0.954. The number of aromatic nitrogens is 5. The van der Waals surface area contributed by atoms with E-state index in [1.165, 1.54) is 43.7 Å². The molecule has 0 aliphatic heterocycles. The van der Waals surface area contributed by atoms with Crippen molar-refractivity contribution in [3.8, 4) is 56.7 Å². The quantitative estimate of drug-likeness (QED) is 0.169. The topological polar surface area (TPSA) is 48.5 Å². The van der Waals surface area contributed by atoms with E-state index in [0.717, 1.165) is 49.7 Å². The normalized spacial score (nSPS) is 11.7. The second kappa shape index (κ2) is 13.8. The maximum absolute atomic E-state index is 5.25. The van der Waals surface area contributed by atoms with Gasteiger partial charge >= 0.3 is 0 Å². The van der Waals surface area contributed by atoms with Gasteiger partial charge in [0.2, 0.25) is 5.95 Å². The van der Waals surface area contributed by atoms with Gasteiger partial charge in [-0.1, -0.05) is 176 Å². The largest absolute Gasteiger partial charge is 0.309 e. The summed E-state index contributed by atoms with van der Waals surface area (Å²) in [7, 11) is 0. The van der Waals surface area contributed by atoms with Crippen LogP contribution in [-0.2, 0) is 0 Å². The molecule has 0 unspecified atom stereocenters. The molecular formula is C55H35N5. The van der Waals surface area contributed by atoms with Gasteiger partial charge in [0.25, 0.3) is 0 Å². The van der Waals surface area contributed by atoms with E-state index in [2.05, 4.69) is 185 Å². The number of nitrogens with zero attached hydrogens (tertiary/aromatic N) is 5. The Morgan fingerprint density at radius 2 is 0.650 bits per heavy atom. The average molecular weight is 766 g/mol. The van der Waals surface area contributed by atoms with Crippen LogP contribution in [0, 0.1) is 0 Å². The Balaban J connectivity index is 1.18. The predicted molar refractivity (Wildman–Crippen MR) is 248 cm³/mol. The van der Waals surface area contributed by atoms with Crippen molar-refractivity contribution < 1.29 is 0 Å². The molecule has 12 rings (SSSR count). The van der Waals surface area contributed by atoms with E-state index >= 15 is 0 Å². The van der Waals surface area contributed by atoms with Crippen LogP contribution in [0.25, 0.3) is 111 Å². The van der Waals surface area contributed by atoms with Gasteiger partial charge in [-0.05, 0) is 69.4 Å². The van der Waals surface area contributed by atoms with Crippen molar-refractivity contribution in [2.45, 2.75) is 0 Å². The molecule has 60 heavy (non-hydrogen) atoms. The lowest BCUT2D eigenvalue weighted by Gasteiger charge is -2.12. The van der Waals surface area contributed by atoms with Crippen molar-refractivity contribution in [2.75, 3.05) is 0 Å². The number of rotatable bonds is 6. The SMILES string of the molecule is c1ccc(-c2ccc3c4c5ccc6c(c5ccc4n(-c4ccccc4)c3c2)c2ccc(-c3ccccc3)cc2n6-c2nc(-c3ccccc3)nc(-c3ccccc3)n2)cc1. The molecule has 5 nitrogen and oxygen atoms in total. The highest BCUT2D eigenvalue weighted by atomic mass is 15.2. The Hall–Kier alpha value is -8.15. The molecule has 3 heterocycles. The molecule has 0 amide bonds. The number of fused-ring (bicyclic) bond motifs is 9. The van der Waals surface area contributed by atoms with Gasteiger partial charge < -0.3 is 4.57 Å². The summed E-state index contributed by atoms with van der Waals surface area (Å²) < 4.78 is 4.65. The first-order valence-electron chi connectivity index (χ1n) is 20.3. The average Bonchev–Trinajstić information content (AvgIpc) is 3.85. The molecular weight excluding hydrogens is 731 g/mol. The second-order valence-corrected chi connectivity index (χ2v) is 15.2. The molecule has 0 N–H and O–H groups in total. The zero-order chi connectivity index (χ0) is 39.6. The molecule has 5 heteroatoms. The van der Waals surface area contributed by atoms with Crippen LogP contribution in [-0.4, -0.2) is 24.1 Å². The first kappa shape index (κ1) is 33.9. The van der Waals surface area contributed by atoms with Gasteiger partial charge in [-0.25, -0.2) is 4.98 Å². The van der Waals surface area contributed by atoms with Crippen LogP contribution < -0.4 is 0 Å². The van der Waals surface area contributed by atoms with E-state index in [1.807, 2.05) is 36.4 Å². The van der Waals surface area contributed by atoms with Crippen LogP contribution in [0.1, 0.15) is 0 Å². The van der Waals surface area contributed by atoms with Gasteiger partial charge in [-0.3, -0.25) is 4.57 Å². The fourth-order valence-corrected chi connectivity index (χ4v) is 9.03. The van der Waals surface area contributed by atoms with Crippen molar-refractivity contribution in [1.29, 1.82) is 0 Å². The molecule has 0 fully saturated rings. The molecule has 0 spiro atoms. The van der Waals surface area contributed by atoms with Crippen LogP contribution in [0.5, 0.6) is 0 Å². The summed E-state index contributed by atoms with van der Waals surface area (Å²) in [4.78, 5) is 15.5. The Morgan fingerprint density at radius 1 is 0.267 bits per heavy atom. The van der Waals surface area contributed by atoms with Crippen LogP contribution in [0.4, 0.5) is 0 Å². The molecule has 3 aromatic heterocycles. The van der Waals surface area contributed by atoms with E-state index in [9.17, 15) is 0 Å². The summed E-state index contributed by atoms with van der Waals surface area (Å²) in [6.07, 6.45) is 0. The van der Waals surface area contributed by atoms with E-state index in [4.69, 9.17) is 15.0 Å². The third-order valence-corrected chi connectivity index (χ3v) is 11.8. The summed E-state index contributed by atoms with van der Waals surface area (Å²) in [5, 5.41) is 7.11. The minimum absolute atomic E-state index is 0.572. The van der Waals surface area contributed by atoms with Gasteiger partial charge in [0, 0.05) is 38.4 Å². The van der Waals surface area contributed by atoms with E-state index in [0.29, 0.717) is 17.6 Å². The van der Waals surface area contributed by atoms with Crippen LogP contribution in [0.2, 0.25) is 0 Å². The Labute approximate surface area is 346 Å². The molecule has 0 radical (unpaired) electrons. The highest BCUT2D eigenvalue weighted by molar-refractivity contribution is 6.29. The minimum Gasteiger partial charge on any atom is -0.309 e. The zero-order valence-corrected chi connectivity index (χ0v) is 32.4. The third kappa shape index (κ3) is 5.44. The number of benzene rings is 9. The molecule has 0 saturated heterocycles. The third-order valence-electron chi connectivity index (χ3n) is 11.8. The van der Waals surface area contributed by atoms with Gasteiger partial charge in [-0.15, -0.1) is 0 Å². The second-order valence-electron chi connectivity index (χ2n) is 15.2. The van der Waals surface area contributed by atoms with Crippen molar-refractivity contribution in [3.05, 3.63) is 212 Å². The molecule has 280 valence electrons. The fourth-order valence-electron chi connectivity index (χ4n) is 9.03. The summed E-state index contributed by atoms with van der Waals surface area (Å²) in [5.41, 5.74) is 12.1. The van der Waals surface area contributed by atoms with Gasteiger partial charge in [0.05, 0.1) is 22.1 Å². The standard InChI is InChI=1S/C55H35N5/c1-6-16-36(17-7-1)40-26-28-45-49(34-40)59(42-24-14-5-15-25-42)47-32-30-44-43(51(45)47)31-33-48-52(44)46-29-27-41(37-18-8-2-9-19-37)35-50(46)60(48)55-57-53(38-20-10-3-11-21-38)56-54(58-55)39-22-12-4-13-23-39/h1-35H. The fraction of sp³-hybridized carbons (Fsp3) is 0. The predicted octanol–water partition coefficient (Wildman–Crippen LogP) is 13.9.